The molecule has 0 atom stereocenters. The summed E-state index contributed by atoms with van der Waals surface area (Å²) in [5.41, 5.74) is 1.12. The molecule has 1 aliphatic rings. The third-order valence-electron chi connectivity index (χ3n) is 2.71. The van der Waals surface area contributed by atoms with E-state index in [9.17, 15) is 4.79 Å². The zero-order valence-electron chi connectivity index (χ0n) is 10.0. The molecule has 0 aliphatic carbocycles. The van der Waals surface area contributed by atoms with Gasteiger partial charge in [0.2, 0.25) is 0 Å². The largest absolute Gasteiger partial charge is 0.366 e. The van der Waals surface area contributed by atoms with Crippen LogP contribution in [0.5, 0.6) is 0 Å². The molecule has 1 N–H and O–H groups in total. The van der Waals surface area contributed by atoms with Gasteiger partial charge in [-0.3, -0.25) is 9.79 Å². The summed E-state index contributed by atoms with van der Waals surface area (Å²) in [7, 11) is 1.80. The third-order valence-corrected chi connectivity index (χ3v) is 2.71. The van der Waals surface area contributed by atoms with Crippen LogP contribution in [-0.2, 0) is 11.3 Å². The summed E-state index contributed by atoms with van der Waals surface area (Å²) < 4.78 is 0. The fourth-order valence-electron chi connectivity index (χ4n) is 1.79. The van der Waals surface area contributed by atoms with E-state index in [0.717, 1.165) is 25.1 Å². The van der Waals surface area contributed by atoms with E-state index < -0.39 is 0 Å². The number of aliphatic imine (C=N–C) groups is 1. The predicted octanol–water partition coefficient (Wildman–Crippen LogP) is 1.04. The monoisotopic (exact) mass is 231 g/mol. The first-order valence-corrected chi connectivity index (χ1v) is 5.85. The zero-order valence-corrected chi connectivity index (χ0v) is 10.0. The van der Waals surface area contributed by atoms with Gasteiger partial charge in [0, 0.05) is 26.7 Å². The summed E-state index contributed by atoms with van der Waals surface area (Å²) in [6, 6.07) is 9.95. The zero-order chi connectivity index (χ0) is 12.1. The van der Waals surface area contributed by atoms with Crippen molar-refractivity contribution in [1.82, 2.24) is 10.2 Å². The van der Waals surface area contributed by atoms with Gasteiger partial charge >= 0.3 is 0 Å². The molecule has 4 nitrogen and oxygen atoms in total. The highest BCUT2D eigenvalue weighted by molar-refractivity contribution is 6.37. The van der Waals surface area contributed by atoms with Gasteiger partial charge in [0.15, 0.2) is 5.84 Å². The lowest BCUT2D eigenvalue weighted by Crippen LogP contribution is -2.43. The fraction of sp³-hybridized carbons (Fsp3) is 0.385. The van der Waals surface area contributed by atoms with Crippen molar-refractivity contribution < 1.29 is 4.79 Å². The lowest BCUT2D eigenvalue weighted by atomic mass is 10.2. The summed E-state index contributed by atoms with van der Waals surface area (Å²) in [6.45, 7) is 2.19. The maximum absolute atomic E-state index is 12.0. The molecule has 17 heavy (non-hydrogen) atoms. The number of carbonyl (C=O) groups is 1. The SMILES string of the molecule is CN(Cc1ccccc1)C(=O)C1=NCCCN1. The molecule has 0 radical (unpaired) electrons. The first-order valence-electron chi connectivity index (χ1n) is 5.85. The third kappa shape index (κ3) is 3.06. The second-order valence-electron chi connectivity index (χ2n) is 4.16. The Hall–Kier alpha value is -1.84. The molecule has 0 spiro atoms. The van der Waals surface area contributed by atoms with E-state index in [0.29, 0.717) is 12.4 Å². The van der Waals surface area contributed by atoms with Crippen LogP contribution in [0.3, 0.4) is 0 Å². The highest BCUT2D eigenvalue weighted by atomic mass is 16.2. The van der Waals surface area contributed by atoms with E-state index in [4.69, 9.17) is 0 Å². The summed E-state index contributed by atoms with van der Waals surface area (Å²) >= 11 is 0. The Morgan fingerprint density at radius 3 is 2.82 bits per heavy atom. The van der Waals surface area contributed by atoms with Crippen molar-refractivity contribution in [1.29, 1.82) is 0 Å². The Labute approximate surface area is 101 Å². The van der Waals surface area contributed by atoms with E-state index in [1.165, 1.54) is 0 Å². The van der Waals surface area contributed by atoms with Crippen LogP contribution in [0.25, 0.3) is 0 Å². The van der Waals surface area contributed by atoms with Crippen molar-refractivity contribution in [2.45, 2.75) is 13.0 Å². The fourth-order valence-corrected chi connectivity index (χ4v) is 1.79. The number of benzene rings is 1. The smallest absolute Gasteiger partial charge is 0.288 e. The van der Waals surface area contributed by atoms with Crippen molar-refractivity contribution in [3.05, 3.63) is 35.9 Å². The lowest BCUT2D eigenvalue weighted by molar-refractivity contribution is -0.123. The van der Waals surface area contributed by atoms with Crippen molar-refractivity contribution in [2.75, 3.05) is 20.1 Å². The molecule has 4 heteroatoms. The molecule has 1 aromatic carbocycles. The van der Waals surface area contributed by atoms with Gasteiger partial charge in [0.1, 0.15) is 0 Å². The number of rotatable bonds is 3. The minimum atomic E-state index is -0.0337. The Balaban J connectivity index is 1.98. The van der Waals surface area contributed by atoms with Crippen LogP contribution < -0.4 is 5.32 Å². The Bertz CT molecular complexity index is 414. The van der Waals surface area contributed by atoms with E-state index in [-0.39, 0.29) is 5.91 Å². The Kier molecular flexibility index (Phi) is 3.75. The van der Waals surface area contributed by atoms with Crippen LogP contribution in [0.2, 0.25) is 0 Å². The summed E-state index contributed by atoms with van der Waals surface area (Å²) in [5, 5.41) is 3.04. The van der Waals surface area contributed by atoms with Gasteiger partial charge < -0.3 is 10.2 Å². The van der Waals surface area contributed by atoms with Gasteiger partial charge in [-0.15, -0.1) is 0 Å². The number of carbonyl (C=O) groups excluding carboxylic acids is 1. The predicted molar refractivity (Wildman–Crippen MR) is 67.8 cm³/mol. The van der Waals surface area contributed by atoms with Gasteiger partial charge in [-0.1, -0.05) is 30.3 Å². The molecule has 0 saturated carbocycles. The van der Waals surface area contributed by atoms with Gasteiger partial charge in [0.25, 0.3) is 5.91 Å². The molecule has 0 saturated heterocycles. The van der Waals surface area contributed by atoms with Crippen LogP contribution >= 0.6 is 0 Å². The summed E-state index contributed by atoms with van der Waals surface area (Å²) in [4.78, 5) is 17.9. The molecule has 90 valence electrons. The number of nitrogens with one attached hydrogen (secondary N) is 1. The average molecular weight is 231 g/mol. The van der Waals surface area contributed by atoms with E-state index in [2.05, 4.69) is 10.3 Å². The molecule has 2 rings (SSSR count). The van der Waals surface area contributed by atoms with Gasteiger partial charge in [0.05, 0.1) is 0 Å². The number of hydrogen-bond donors (Lipinski definition) is 1. The molecule has 1 aliphatic heterocycles. The van der Waals surface area contributed by atoms with Crippen LogP contribution in [0.1, 0.15) is 12.0 Å². The summed E-state index contributed by atoms with van der Waals surface area (Å²) in [5.74, 6) is 0.461. The molecule has 0 fully saturated rings. The average Bonchev–Trinajstić information content (AvgIpc) is 2.40. The van der Waals surface area contributed by atoms with Crippen LogP contribution in [0.15, 0.2) is 35.3 Å². The summed E-state index contributed by atoms with van der Waals surface area (Å²) in [6.07, 6.45) is 0.999. The number of amidine groups is 1. The highest BCUT2D eigenvalue weighted by Gasteiger charge is 2.17. The Morgan fingerprint density at radius 2 is 2.18 bits per heavy atom. The molecule has 1 amide bonds. The highest BCUT2D eigenvalue weighted by Crippen LogP contribution is 2.03. The normalized spacial score (nSPS) is 14.8. The molecule has 1 heterocycles. The molecule has 1 aromatic rings. The number of amides is 1. The second-order valence-corrected chi connectivity index (χ2v) is 4.16. The van der Waals surface area contributed by atoms with Crippen molar-refractivity contribution >= 4 is 11.7 Å². The number of hydrogen-bond acceptors (Lipinski definition) is 3. The molecule has 0 aromatic heterocycles. The van der Waals surface area contributed by atoms with Crippen molar-refractivity contribution in [2.24, 2.45) is 4.99 Å². The standard InChI is InChI=1S/C13H17N3O/c1-16(10-11-6-3-2-4-7-11)13(17)12-14-8-5-9-15-12/h2-4,6-7H,5,8-10H2,1H3,(H,14,15). The minimum Gasteiger partial charge on any atom is -0.366 e. The van der Waals surface area contributed by atoms with Crippen LogP contribution in [0.4, 0.5) is 0 Å². The lowest BCUT2D eigenvalue weighted by Gasteiger charge is -2.21. The maximum Gasteiger partial charge on any atom is 0.288 e. The topological polar surface area (TPSA) is 44.7 Å². The molecular weight excluding hydrogens is 214 g/mol. The first-order chi connectivity index (χ1) is 8.27. The van der Waals surface area contributed by atoms with Gasteiger partial charge in [-0.2, -0.15) is 0 Å². The van der Waals surface area contributed by atoms with E-state index >= 15 is 0 Å². The van der Waals surface area contributed by atoms with Gasteiger partial charge in [-0.25, -0.2) is 0 Å². The quantitative estimate of drug-likeness (QED) is 0.844. The maximum atomic E-state index is 12.0. The first kappa shape index (κ1) is 11.6. The van der Waals surface area contributed by atoms with Crippen molar-refractivity contribution in [3.63, 3.8) is 0 Å². The Morgan fingerprint density at radius 1 is 1.41 bits per heavy atom. The molecule has 0 bridgehead atoms. The molecular formula is C13H17N3O. The second kappa shape index (κ2) is 5.48. The minimum absolute atomic E-state index is 0.0337. The van der Waals surface area contributed by atoms with Crippen LogP contribution in [0, 0.1) is 0 Å². The van der Waals surface area contributed by atoms with E-state index in [1.54, 1.807) is 11.9 Å². The number of likely N-dealkylation sites (N-methyl/N-ethyl adjacent to an activating group) is 1. The number of nitrogens with zero attached hydrogens (tertiary/aromatic N) is 2. The van der Waals surface area contributed by atoms with E-state index in [1.807, 2.05) is 30.3 Å². The molecule has 0 unspecified atom stereocenters. The van der Waals surface area contributed by atoms with Gasteiger partial charge in [-0.05, 0) is 12.0 Å². The van der Waals surface area contributed by atoms with Crippen LogP contribution in [-0.4, -0.2) is 36.8 Å². The van der Waals surface area contributed by atoms with Crippen molar-refractivity contribution in [3.8, 4) is 0 Å².